The van der Waals surface area contributed by atoms with Crippen LogP contribution in [0.4, 0.5) is 4.39 Å². The highest BCUT2D eigenvalue weighted by Gasteiger charge is 2.09. The molecule has 0 spiro atoms. The molecule has 1 aromatic heterocycles. The molecule has 90 valence electrons. The third-order valence-corrected chi connectivity index (χ3v) is 2.64. The maximum Gasteiger partial charge on any atom is 0.123 e. The number of likely N-dealkylation sites (N-methyl/N-ethyl adjacent to an activating group) is 1. The Morgan fingerprint density at radius 3 is 2.94 bits per heavy atom. The van der Waals surface area contributed by atoms with E-state index in [9.17, 15) is 4.39 Å². The maximum atomic E-state index is 13.1. The van der Waals surface area contributed by atoms with E-state index in [1.807, 2.05) is 20.0 Å². The number of aromatic nitrogens is 2. The predicted molar refractivity (Wildman–Crippen MR) is 66.3 cm³/mol. The van der Waals surface area contributed by atoms with Gasteiger partial charge in [-0.1, -0.05) is 12.1 Å². The Bertz CT molecular complexity index is 505. The molecule has 17 heavy (non-hydrogen) atoms. The summed E-state index contributed by atoms with van der Waals surface area (Å²) >= 11 is 0. The highest BCUT2D eigenvalue weighted by molar-refractivity contribution is 5.61. The van der Waals surface area contributed by atoms with Crippen LogP contribution in [0.15, 0.2) is 24.3 Å². The SMILES string of the molecule is CNCCc1nc(-c2cccc(F)c2)c(C)[nH]1. The van der Waals surface area contributed by atoms with E-state index >= 15 is 0 Å². The second kappa shape index (κ2) is 5.10. The molecule has 0 aliphatic rings. The zero-order chi connectivity index (χ0) is 12.3. The van der Waals surface area contributed by atoms with E-state index in [2.05, 4.69) is 15.3 Å². The van der Waals surface area contributed by atoms with Crippen molar-refractivity contribution in [1.29, 1.82) is 0 Å². The number of halogens is 1. The third kappa shape index (κ3) is 2.71. The van der Waals surface area contributed by atoms with Crippen molar-refractivity contribution < 1.29 is 4.39 Å². The molecule has 1 aromatic carbocycles. The summed E-state index contributed by atoms with van der Waals surface area (Å²) in [6, 6.07) is 6.51. The minimum atomic E-state index is -0.235. The summed E-state index contributed by atoms with van der Waals surface area (Å²) in [5.41, 5.74) is 2.62. The number of hydrogen-bond acceptors (Lipinski definition) is 2. The lowest BCUT2D eigenvalue weighted by molar-refractivity contribution is 0.628. The molecule has 0 saturated heterocycles. The van der Waals surface area contributed by atoms with Gasteiger partial charge in [0.25, 0.3) is 0 Å². The molecule has 2 aromatic rings. The van der Waals surface area contributed by atoms with Crippen molar-refractivity contribution in [2.75, 3.05) is 13.6 Å². The predicted octanol–water partition coefficient (Wildman–Crippen LogP) is 2.29. The summed E-state index contributed by atoms with van der Waals surface area (Å²) in [5, 5.41) is 3.07. The van der Waals surface area contributed by atoms with Gasteiger partial charge in [-0.25, -0.2) is 9.37 Å². The zero-order valence-electron chi connectivity index (χ0n) is 10.0. The van der Waals surface area contributed by atoms with Gasteiger partial charge >= 0.3 is 0 Å². The fourth-order valence-electron chi connectivity index (χ4n) is 1.80. The van der Waals surface area contributed by atoms with E-state index in [4.69, 9.17) is 0 Å². The van der Waals surface area contributed by atoms with Crippen LogP contribution >= 0.6 is 0 Å². The van der Waals surface area contributed by atoms with Gasteiger partial charge in [-0.3, -0.25) is 0 Å². The number of benzene rings is 1. The first kappa shape index (κ1) is 11.8. The van der Waals surface area contributed by atoms with Gasteiger partial charge in [0, 0.05) is 24.2 Å². The van der Waals surface area contributed by atoms with Crippen molar-refractivity contribution >= 4 is 0 Å². The molecule has 0 amide bonds. The minimum absolute atomic E-state index is 0.235. The number of imidazole rings is 1. The van der Waals surface area contributed by atoms with Crippen LogP contribution in [0.25, 0.3) is 11.3 Å². The molecule has 0 bridgehead atoms. The summed E-state index contributed by atoms with van der Waals surface area (Å²) in [5.74, 6) is 0.692. The molecule has 0 atom stereocenters. The van der Waals surface area contributed by atoms with Crippen LogP contribution in [0.3, 0.4) is 0 Å². The van der Waals surface area contributed by atoms with Crippen molar-refractivity contribution in [2.24, 2.45) is 0 Å². The number of nitrogens with zero attached hydrogens (tertiary/aromatic N) is 1. The Hall–Kier alpha value is -1.68. The molecule has 3 nitrogen and oxygen atoms in total. The topological polar surface area (TPSA) is 40.7 Å². The smallest absolute Gasteiger partial charge is 0.123 e. The van der Waals surface area contributed by atoms with Crippen molar-refractivity contribution in [2.45, 2.75) is 13.3 Å². The monoisotopic (exact) mass is 233 g/mol. The van der Waals surface area contributed by atoms with Gasteiger partial charge in [0.2, 0.25) is 0 Å². The molecule has 2 rings (SSSR count). The Kier molecular flexibility index (Phi) is 3.54. The summed E-state index contributed by atoms with van der Waals surface area (Å²) in [6.07, 6.45) is 0.840. The van der Waals surface area contributed by atoms with E-state index in [1.54, 1.807) is 6.07 Å². The molecular weight excluding hydrogens is 217 g/mol. The van der Waals surface area contributed by atoms with Gasteiger partial charge in [0.05, 0.1) is 5.69 Å². The Morgan fingerprint density at radius 2 is 2.24 bits per heavy atom. The molecule has 0 fully saturated rings. The third-order valence-electron chi connectivity index (χ3n) is 2.64. The highest BCUT2D eigenvalue weighted by Crippen LogP contribution is 2.21. The van der Waals surface area contributed by atoms with Gasteiger partial charge < -0.3 is 10.3 Å². The molecule has 0 unspecified atom stereocenters. The molecule has 2 N–H and O–H groups in total. The minimum Gasteiger partial charge on any atom is -0.346 e. The van der Waals surface area contributed by atoms with Crippen LogP contribution in [-0.4, -0.2) is 23.6 Å². The molecule has 0 saturated carbocycles. The lowest BCUT2D eigenvalue weighted by Gasteiger charge is -1.98. The fraction of sp³-hybridized carbons (Fsp3) is 0.308. The molecule has 0 aliphatic carbocycles. The summed E-state index contributed by atoms with van der Waals surface area (Å²) < 4.78 is 13.1. The molecule has 4 heteroatoms. The maximum absolute atomic E-state index is 13.1. The van der Waals surface area contributed by atoms with Crippen LogP contribution in [0.2, 0.25) is 0 Å². The standard InChI is InChI=1S/C13H16FN3/c1-9-13(10-4-3-5-11(14)8-10)17-12(16-9)6-7-15-2/h3-5,8,15H,6-7H2,1-2H3,(H,16,17). The van der Waals surface area contributed by atoms with E-state index in [0.717, 1.165) is 35.7 Å². The number of hydrogen-bond donors (Lipinski definition) is 2. The van der Waals surface area contributed by atoms with Crippen LogP contribution < -0.4 is 5.32 Å². The van der Waals surface area contributed by atoms with E-state index < -0.39 is 0 Å². The quantitative estimate of drug-likeness (QED) is 0.850. The average Bonchev–Trinajstić information content (AvgIpc) is 2.68. The fourth-order valence-corrected chi connectivity index (χ4v) is 1.80. The van der Waals surface area contributed by atoms with Gasteiger partial charge in [-0.05, 0) is 26.1 Å². The van der Waals surface area contributed by atoms with Crippen LogP contribution in [-0.2, 0) is 6.42 Å². The highest BCUT2D eigenvalue weighted by atomic mass is 19.1. The largest absolute Gasteiger partial charge is 0.346 e. The lowest BCUT2D eigenvalue weighted by Crippen LogP contribution is -2.11. The molecular formula is C13H16FN3. The van der Waals surface area contributed by atoms with Crippen molar-refractivity contribution in [3.8, 4) is 11.3 Å². The van der Waals surface area contributed by atoms with Gasteiger partial charge in [0.1, 0.15) is 11.6 Å². The summed E-state index contributed by atoms with van der Waals surface area (Å²) in [7, 11) is 1.91. The van der Waals surface area contributed by atoms with E-state index in [1.165, 1.54) is 12.1 Å². The van der Waals surface area contributed by atoms with Crippen LogP contribution in [0, 0.1) is 12.7 Å². The van der Waals surface area contributed by atoms with Gasteiger partial charge in [0.15, 0.2) is 0 Å². The second-order valence-electron chi connectivity index (χ2n) is 4.02. The van der Waals surface area contributed by atoms with Crippen molar-refractivity contribution in [1.82, 2.24) is 15.3 Å². The second-order valence-corrected chi connectivity index (χ2v) is 4.02. The molecule has 0 aliphatic heterocycles. The van der Waals surface area contributed by atoms with Crippen molar-refractivity contribution in [3.05, 3.63) is 41.6 Å². The van der Waals surface area contributed by atoms with E-state index in [0.29, 0.717) is 0 Å². The van der Waals surface area contributed by atoms with Gasteiger partial charge in [-0.15, -0.1) is 0 Å². The van der Waals surface area contributed by atoms with Crippen molar-refractivity contribution in [3.63, 3.8) is 0 Å². The first-order valence-corrected chi connectivity index (χ1v) is 5.66. The first-order chi connectivity index (χ1) is 8.20. The normalized spacial score (nSPS) is 10.8. The summed E-state index contributed by atoms with van der Waals surface area (Å²) in [4.78, 5) is 7.72. The molecule has 0 radical (unpaired) electrons. The Balaban J connectivity index is 2.29. The number of nitrogens with one attached hydrogen (secondary N) is 2. The Morgan fingerprint density at radius 1 is 1.41 bits per heavy atom. The number of H-pyrrole nitrogens is 1. The zero-order valence-corrected chi connectivity index (χ0v) is 10.0. The summed E-state index contributed by atoms with van der Waals surface area (Å²) in [6.45, 7) is 2.83. The lowest BCUT2D eigenvalue weighted by atomic mass is 10.1. The Labute approximate surface area is 100 Å². The number of aromatic amines is 1. The van der Waals surface area contributed by atoms with E-state index in [-0.39, 0.29) is 5.82 Å². The van der Waals surface area contributed by atoms with Crippen LogP contribution in [0.5, 0.6) is 0 Å². The van der Waals surface area contributed by atoms with Crippen LogP contribution in [0.1, 0.15) is 11.5 Å². The van der Waals surface area contributed by atoms with Gasteiger partial charge in [-0.2, -0.15) is 0 Å². The number of rotatable bonds is 4. The average molecular weight is 233 g/mol. The first-order valence-electron chi connectivity index (χ1n) is 5.66. The number of aryl methyl sites for hydroxylation is 1. The molecule has 1 heterocycles.